The Balaban J connectivity index is 1.79. The van der Waals surface area contributed by atoms with Crippen LogP contribution in [0.4, 0.5) is 0 Å². The number of amides is 2. The average molecular weight is 581 g/mol. The lowest BCUT2D eigenvalue weighted by atomic mass is 9.65. The van der Waals surface area contributed by atoms with Gasteiger partial charge < -0.3 is 24.4 Å². The van der Waals surface area contributed by atoms with Crippen LogP contribution in [-0.4, -0.2) is 81.8 Å². The summed E-state index contributed by atoms with van der Waals surface area (Å²) in [5.74, 6) is -2.65. The molecule has 1 aromatic rings. The Morgan fingerprint density at radius 1 is 1.21 bits per heavy atom. The maximum Gasteiger partial charge on any atom is 0.312 e. The number of nitrogens with zero attached hydrogens (tertiary/aromatic N) is 2. The predicted octanol–water partition coefficient (Wildman–Crippen LogP) is 4.46. The van der Waals surface area contributed by atoms with Gasteiger partial charge in [0.05, 0.1) is 30.8 Å². The van der Waals surface area contributed by atoms with E-state index in [0.717, 1.165) is 24.8 Å². The number of carbonyl (C=O) groups is 3. The Hall–Kier alpha value is -2.97. The highest BCUT2D eigenvalue weighted by atomic mass is 16.6. The van der Waals surface area contributed by atoms with Gasteiger partial charge in [0, 0.05) is 12.6 Å². The molecule has 2 bridgehead atoms. The average Bonchev–Trinajstić information content (AvgIpc) is 3.60. The topological polar surface area (TPSA) is 96.4 Å². The van der Waals surface area contributed by atoms with E-state index in [-0.39, 0.29) is 31.1 Å². The fourth-order valence-electron chi connectivity index (χ4n) is 7.67. The van der Waals surface area contributed by atoms with Gasteiger partial charge in [0.15, 0.2) is 0 Å². The second-order valence-corrected chi connectivity index (χ2v) is 12.1. The molecule has 0 saturated carbocycles. The Morgan fingerprint density at radius 3 is 2.57 bits per heavy atom. The maximum atomic E-state index is 14.7. The molecule has 3 heterocycles. The van der Waals surface area contributed by atoms with Gasteiger partial charge in [-0.2, -0.15) is 0 Å². The number of fused-ring (bicyclic) bond motifs is 1. The van der Waals surface area contributed by atoms with Gasteiger partial charge in [-0.1, -0.05) is 62.8 Å². The highest BCUT2D eigenvalue weighted by molar-refractivity contribution is 5.99. The number of hydrogen-bond donors (Lipinski definition) is 1. The molecule has 3 fully saturated rings. The zero-order valence-corrected chi connectivity index (χ0v) is 25.5. The first-order chi connectivity index (χ1) is 20.2. The van der Waals surface area contributed by atoms with Crippen molar-refractivity contribution >= 4 is 17.8 Å². The van der Waals surface area contributed by atoms with Crippen LogP contribution in [0, 0.1) is 11.8 Å². The van der Waals surface area contributed by atoms with E-state index in [1.54, 1.807) is 22.0 Å². The van der Waals surface area contributed by atoms with Crippen LogP contribution >= 0.6 is 0 Å². The number of rotatable bonds is 16. The molecule has 3 saturated heterocycles. The van der Waals surface area contributed by atoms with Crippen LogP contribution in [0.25, 0.3) is 0 Å². The molecule has 3 aliphatic heterocycles. The number of allylic oxidation sites excluding steroid dienone is 1. The van der Waals surface area contributed by atoms with E-state index in [0.29, 0.717) is 38.6 Å². The molecule has 8 nitrogen and oxygen atoms in total. The maximum absolute atomic E-state index is 14.7. The first-order valence-corrected chi connectivity index (χ1v) is 15.6. The third kappa shape index (κ3) is 5.55. The van der Waals surface area contributed by atoms with Crippen LogP contribution in [0.2, 0.25) is 0 Å². The second kappa shape index (κ2) is 13.6. The van der Waals surface area contributed by atoms with Crippen LogP contribution in [0.1, 0.15) is 71.3 Å². The normalized spacial score (nSPS) is 29.2. The number of aliphatic hydroxyl groups excluding tert-OH is 1. The standard InChI is InChI=1S/C34H48N2O6/c1-6-10-14-21-41-32(40)28-27-30(38)36(26(23-37)22-25-16-12-11-13-17-25)29(34(27)19-18-33(28,9-4)42-34)31(39)35(20-8-3)24(5)15-7-2/h6,8,11-13,16-17,24,26-29,37H,1,3,7,9-10,14-15,18-23H2,2,4-5H3/t24?,26-,27+,28+,29?,33-,34?/m1/s1. The van der Waals surface area contributed by atoms with Crippen LogP contribution < -0.4 is 0 Å². The number of carbonyl (C=O) groups excluding carboxylic acids is 3. The summed E-state index contributed by atoms with van der Waals surface area (Å²) in [5.41, 5.74) is -1.10. The molecule has 230 valence electrons. The lowest BCUT2D eigenvalue weighted by Gasteiger charge is -2.41. The molecular weight excluding hydrogens is 532 g/mol. The third-order valence-corrected chi connectivity index (χ3v) is 9.67. The lowest BCUT2D eigenvalue weighted by molar-refractivity contribution is -0.164. The van der Waals surface area contributed by atoms with Gasteiger partial charge in [0.25, 0.3) is 0 Å². The molecule has 2 amide bonds. The van der Waals surface area contributed by atoms with Crippen molar-refractivity contribution in [2.45, 2.75) is 101 Å². The molecule has 0 aromatic heterocycles. The molecule has 7 atom stereocenters. The molecular formula is C34H48N2O6. The van der Waals surface area contributed by atoms with Gasteiger partial charge in [-0.25, -0.2) is 0 Å². The second-order valence-electron chi connectivity index (χ2n) is 12.1. The largest absolute Gasteiger partial charge is 0.465 e. The number of likely N-dealkylation sites (tertiary alicyclic amines) is 1. The van der Waals surface area contributed by atoms with Crippen molar-refractivity contribution in [2.75, 3.05) is 19.8 Å². The fraction of sp³-hybridized carbons (Fsp3) is 0.618. The number of esters is 1. The summed E-state index contributed by atoms with van der Waals surface area (Å²) < 4.78 is 12.6. The molecule has 0 aliphatic carbocycles. The van der Waals surface area contributed by atoms with E-state index >= 15 is 0 Å². The minimum absolute atomic E-state index is 0.0843. The number of unbranched alkanes of at least 4 members (excludes halogenated alkanes) is 1. The number of benzene rings is 1. The smallest absolute Gasteiger partial charge is 0.312 e. The quantitative estimate of drug-likeness (QED) is 0.176. The summed E-state index contributed by atoms with van der Waals surface area (Å²) >= 11 is 0. The van der Waals surface area contributed by atoms with E-state index in [9.17, 15) is 19.5 Å². The van der Waals surface area contributed by atoms with Gasteiger partial charge in [-0.3, -0.25) is 14.4 Å². The predicted molar refractivity (Wildman–Crippen MR) is 161 cm³/mol. The van der Waals surface area contributed by atoms with Gasteiger partial charge in [0.2, 0.25) is 11.8 Å². The molecule has 3 aliphatic rings. The molecule has 0 radical (unpaired) electrons. The summed E-state index contributed by atoms with van der Waals surface area (Å²) in [6.07, 6.45) is 8.49. The number of ether oxygens (including phenoxy) is 2. The first-order valence-electron chi connectivity index (χ1n) is 15.6. The highest BCUT2D eigenvalue weighted by Gasteiger charge is 2.79. The SMILES string of the molecule is C=CCCCOC(=O)[C@@H]1[C@H]2C(=O)N([C@@H](CO)Cc3ccccc3)C(C(=O)N(CC=C)C(C)CCC)C23CC[C@@]1(CC)O3. The van der Waals surface area contributed by atoms with Gasteiger partial charge in [0.1, 0.15) is 17.6 Å². The van der Waals surface area contributed by atoms with E-state index in [1.165, 1.54) is 0 Å². The van der Waals surface area contributed by atoms with Crippen molar-refractivity contribution in [3.8, 4) is 0 Å². The monoisotopic (exact) mass is 580 g/mol. The van der Waals surface area contributed by atoms with Gasteiger partial charge >= 0.3 is 5.97 Å². The van der Waals surface area contributed by atoms with Gasteiger partial charge in [-0.15, -0.1) is 13.2 Å². The fourth-order valence-corrected chi connectivity index (χ4v) is 7.67. The molecule has 8 heteroatoms. The summed E-state index contributed by atoms with van der Waals surface area (Å²) in [5, 5.41) is 10.7. The summed E-state index contributed by atoms with van der Waals surface area (Å²) in [6, 6.07) is 7.93. The van der Waals surface area contributed by atoms with Crippen LogP contribution in [0.3, 0.4) is 0 Å². The summed E-state index contributed by atoms with van der Waals surface area (Å²) in [6.45, 7) is 13.9. The molecule has 4 rings (SSSR count). The minimum atomic E-state index is -1.18. The van der Waals surface area contributed by atoms with Crippen molar-refractivity contribution in [3.05, 3.63) is 61.2 Å². The van der Waals surface area contributed by atoms with Crippen LogP contribution in [-0.2, 0) is 30.3 Å². The minimum Gasteiger partial charge on any atom is -0.465 e. The van der Waals surface area contributed by atoms with E-state index in [2.05, 4.69) is 20.1 Å². The molecule has 42 heavy (non-hydrogen) atoms. The Kier molecular flexibility index (Phi) is 10.3. The van der Waals surface area contributed by atoms with Crippen molar-refractivity contribution < 1.29 is 29.0 Å². The third-order valence-electron chi connectivity index (χ3n) is 9.67. The highest BCUT2D eigenvalue weighted by Crippen LogP contribution is 2.65. The molecule has 1 spiro atoms. The Bertz CT molecular complexity index is 1140. The molecule has 3 unspecified atom stereocenters. The first kappa shape index (κ1) is 32.0. The van der Waals surface area contributed by atoms with Crippen molar-refractivity contribution in [3.63, 3.8) is 0 Å². The van der Waals surface area contributed by atoms with Crippen LogP contribution in [0.15, 0.2) is 55.6 Å². The van der Waals surface area contributed by atoms with Crippen molar-refractivity contribution in [1.29, 1.82) is 0 Å². The van der Waals surface area contributed by atoms with Crippen molar-refractivity contribution in [2.24, 2.45) is 11.8 Å². The zero-order chi connectivity index (χ0) is 30.5. The Morgan fingerprint density at radius 2 is 1.95 bits per heavy atom. The summed E-state index contributed by atoms with van der Waals surface area (Å²) in [4.78, 5) is 46.4. The lowest BCUT2D eigenvalue weighted by Crippen LogP contribution is -2.60. The number of hydrogen-bond acceptors (Lipinski definition) is 6. The number of aliphatic hydroxyl groups is 1. The van der Waals surface area contributed by atoms with Gasteiger partial charge in [-0.05, 0) is 57.4 Å². The van der Waals surface area contributed by atoms with Crippen LogP contribution in [0.5, 0.6) is 0 Å². The van der Waals surface area contributed by atoms with E-state index < -0.39 is 41.1 Å². The van der Waals surface area contributed by atoms with E-state index in [1.807, 2.05) is 44.2 Å². The zero-order valence-electron chi connectivity index (χ0n) is 25.5. The molecule has 1 aromatic carbocycles. The Labute approximate surface area is 250 Å². The molecule has 1 N–H and O–H groups in total. The summed E-state index contributed by atoms with van der Waals surface area (Å²) in [7, 11) is 0. The van der Waals surface area contributed by atoms with Crippen molar-refractivity contribution in [1.82, 2.24) is 9.80 Å². The van der Waals surface area contributed by atoms with E-state index in [4.69, 9.17) is 9.47 Å².